The summed E-state index contributed by atoms with van der Waals surface area (Å²) >= 11 is 6.11. The molecule has 19 heavy (non-hydrogen) atoms. The Morgan fingerprint density at radius 2 is 1.79 bits per heavy atom. The molecule has 0 radical (unpaired) electrons. The second-order valence-electron chi connectivity index (χ2n) is 5.45. The molecule has 1 aliphatic heterocycles. The molecular formula is C15H20ClNO2. The molecule has 1 saturated carbocycles. The maximum Gasteiger partial charge on any atom is 0.188 e. The molecule has 0 aromatic heterocycles. The van der Waals surface area contributed by atoms with E-state index in [9.17, 15) is 0 Å². The number of rotatable bonds is 6. The van der Waals surface area contributed by atoms with E-state index in [0.717, 1.165) is 25.9 Å². The van der Waals surface area contributed by atoms with Crippen LogP contribution in [0.3, 0.4) is 0 Å². The Labute approximate surface area is 119 Å². The Kier molecular flexibility index (Phi) is 3.81. The summed E-state index contributed by atoms with van der Waals surface area (Å²) in [5, 5.41) is 3.52. The van der Waals surface area contributed by atoms with E-state index < -0.39 is 5.79 Å². The number of alkyl halides is 1. The summed E-state index contributed by atoms with van der Waals surface area (Å²) in [6.07, 6.45) is 2.25. The van der Waals surface area contributed by atoms with E-state index in [0.29, 0.717) is 19.1 Å². The van der Waals surface area contributed by atoms with Gasteiger partial charge in [0.05, 0.1) is 19.1 Å². The minimum absolute atomic E-state index is 0.0695. The number of hydrogen-bond acceptors (Lipinski definition) is 3. The Morgan fingerprint density at radius 1 is 1.11 bits per heavy atom. The lowest BCUT2D eigenvalue weighted by Crippen LogP contribution is -2.47. The molecule has 1 heterocycles. The Hall–Kier alpha value is -0.610. The van der Waals surface area contributed by atoms with E-state index in [1.54, 1.807) is 0 Å². The van der Waals surface area contributed by atoms with E-state index in [2.05, 4.69) is 29.6 Å². The third-order valence-electron chi connectivity index (χ3n) is 4.23. The zero-order valence-corrected chi connectivity index (χ0v) is 11.8. The van der Waals surface area contributed by atoms with E-state index in [1.807, 2.05) is 6.07 Å². The van der Waals surface area contributed by atoms with E-state index in [4.69, 9.17) is 21.1 Å². The molecule has 1 saturated heterocycles. The minimum atomic E-state index is -0.557. The largest absolute Gasteiger partial charge is 0.346 e. The highest BCUT2D eigenvalue weighted by atomic mass is 35.5. The van der Waals surface area contributed by atoms with Gasteiger partial charge in [0.25, 0.3) is 0 Å². The van der Waals surface area contributed by atoms with Crippen LogP contribution in [0.2, 0.25) is 0 Å². The van der Waals surface area contributed by atoms with E-state index in [1.165, 1.54) is 5.56 Å². The molecule has 0 atom stereocenters. The zero-order chi connectivity index (χ0) is 13.2. The third-order valence-corrected chi connectivity index (χ3v) is 4.58. The molecule has 1 aliphatic carbocycles. The third kappa shape index (κ3) is 2.52. The van der Waals surface area contributed by atoms with Crippen LogP contribution in [-0.4, -0.2) is 31.4 Å². The number of hydrogen-bond donors (Lipinski definition) is 1. The summed E-state index contributed by atoms with van der Waals surface area (Å²) in [6, 6.07) is 10.4. The van der Waals surface area contributed by atoms with Gasteiger partial charge in [0.2, 0.25) is 0 Å². The van der Waals surface area contributed by atoms with Crippen LogP contribution in [-0.2, 0) is 16.0 Å². The first kappa shape index (κ1) is 13.4. The van der Waals surface area contributed by atoms with E-state index >= 15 is 0 Å². The van der Waals surface area contributed by atoms with Crippen molar-refractivity contribution in [1.82, 2.24) is 5.32 Å². The molecule has 0 unspecified atom stereocenters. The smallest absolute Gasteiger partial charge is 0.188 e. The van der Waals surface area contributed by atoms with Gasteiger partial charge in [0.15, 0.2) is 5.79 Å². The molecule has 2 fully saturated rings. The van der Waals surface area contributed by atoms with Gasteiger partial charge in [-0.25, -0.2) is 0 Å². The topological polar surface area (TPSA) is 30.5 Å². The standard InChI is InChI=1S/C15H20ClNO2/c16-11-15(18-8-9-19-15)14(6-7-14)12-17-10-13-4-2-1-3-5-13/h1-5,17H,6-12H2. The van der Waals surface area contributed by atoms with Crippen LogP contribution in [0.5, 0.6) is 0 Å². The second-order valence-corrected chi connectivity index (χ2v) is 5.72. The molecular weight excluding hydrogens is 262 g/mol. The summed E-state index contributed by atoms with van der Waals surface area (Å²) in [6.45, 7) is 3.09. The van der Waals surface area contributed by atoms with Crippen LogP contribution in [0.15, 0.2) is 30.3 Å². The lowest BCUT2D eigenvalue weighted by Gasteiger charge is -2.34. The molecule has 3 nitrogen and oxygen atoms in total. The van der Waals surface area contributed by atoms with Crippen LogP contribution in [0.25, 0.3) is 0 Å². The summed E-state index contributed by atoms with van der Waals surface area (Å²) in [5.41, 5.74) is 1.37. The molecule has 0 amide bonds. The number of halogens is 1. The molecule has 0 spiro atoms. The van der Waals surface area contributed by atoms with Crippen LogP contribution in [0.4, 0.5) is 0 Å². The van der Waals surface area contributed by atoms with Crippen molar-refractivity contribution in [3.8, 4) is 0 Å². The fourth-order valence-electron chi connectivity index (χ4n) is 2.87. The zero-order valence-electron chi connectivity index (χ0n) is 11.0. The predicted octanol–water partition coefficient (Wildman–Crippen LogP) is 2.54. The predicted molar refractivity (Wildman–Crippen MR) is 75.2 cm³/mol. The molecule has 1 aromatic rings. The van der Waals surface area contributed by atoms with Crippen molar-refractivity contribution in [2.75, 3.05) is 25.6 Å². The molecule has 2 aliphatic rings. The normalized spacial score (nSPS) is 23.4. The summed E-state index contributed by atoms with van der Waals surface area (Å²) in [4.78, 5) is 0. The molecule has 4 heteroatoms. The highest BCUT2D eigenvalue weighted by Crippen LogP contribution is 2.57. The first-order chi connectivity index (χ1) is 9.30. The quantitative estimate of drug-likeness (QED) is 0.813. The Bertz CT molecular complexity index is 413. The maximum absolute atomic E-state index is 6.11. The lowest BCUT2D eigenvalue weighted by atomic mass is 9.96. The minimum Gasteiger partial charge on any atom is -0.346 e. The van der Waals surface area contributed by atoms with Gasteiger partial charge in [-0.3, -0.25) is 0 Å². The van der Waals surface area contributed by atoms with Gasteiger partial charge in [0, 0.05) is 18.5 Å². The highest BCUT2D eigenvalue weighted by Gasteiger charge is 2.62. The van der Waals surface area contributed by atoms with Gasteiger partial charge in [0.1, 0.15) is 0 Å². The van der Waals surface area contributed by atoms with Gasteiger partial charge in [-0.05, 0) is 18.4 Å². The molecule has 3 rings (SSSR count). The maximum atomic E-state index is 6.11. The second kappa shape index (κ2) is 5.41. The van der Waals surface area contributed by atoms with Crippen molar-refractivity contribution >= 4 is 11.6 Å². The summed E-state index contributed by atoms with van der Waals surface area (Å²) in [7, 11) is 0. The number of benzene rings is 1. The molecule has 0 bridgehead atoms. The van der Waals surface area contributed by atoms with Crippen molar-refractivity contribution in [2.24, 2.45) is 5.41 Å². The van der Waals surface area contributed by atoms with Gasteiger partial charge in [-0.15, -0.1) is 11.6 Å². The lowest BCUT2D eigenvalue weighted by molar-refractivity contribution is -0.188. The Morgan fingerprint density at radius 3 is 2.37 bits per heavy atom. The van der Waals surface area contributed by atoms with Crippen LogP contribution in [0, 0.1) is 5.41 Å². The molecule has 104 valence electrons. The van der Waals surface area contributed by atoms with Gasteiger partial charge < -0.3 is 14.8 Å². The van der Waals surface area contributed by atoms with E-state index in [-0.39, 0.29) is 5.41 Å². The first-order valence-electron chi connectivity index (χ1n) is 6.89. The molecule has 1 aromatic carbocycles. The van der Waals surface area contributed by atoms with Crippen LogP contribution >= 0.6 is 11.6 Å². The highest BCUT2D eigenvalue weighted by molar-refractivity contribution is 6.18. The first-order valence-corrected chi connectivity index (χ1v) is 7.42. The monoisotopic (exact) mass is 281 g/mol. The van der Waals surface area contributed by atoms with Crippen LogP contribution in [0.1, 0.15) is 18.4 Å². The molecule has 1 N–H and O–H groups in total. The van der Waals surface area contributed by atoms with Crippen LogP contribution < -0.4 is 5.32 Å². The van der Waals surface area contributed by atoms with Gasteiger partial charge >= 0.3 is 0 Å². The van der Waals surface area contributed by atoms with Crippen molar-refractivity contribution in [3.63, 3.8) is 0 Å². The average molecular weight is 282 g/mol. The SMILES string of the molecule is ClCC1(C2(CNCc3ccccc3)CC2)OCCO1. The summed E-state index contributed by atoms with van der Waals surface area (Å²) in [5.74, 6) is -0.141. The number of nitrogens with one attached hydrogen (secondary N) is 1. The average Bonchev–Trinajstić information content (AvgIpc) is 3.09. The fourth-order valence-corrected chi connectivity index (χ4v) is 3.30. The van der Waals surface area contributed by atoms with Gasteiger partial charge in [-0.1, -0.05) is 30.3 Å². The summed E-state index contributed by atoms with van der Waals surface area (Å²) < 4.78 is 11.7. The fraction of sp³-hybridized carbons (Fsp3) is 0.600. The van der Waals surface area contributed by atoms with Crippen molar-refractivity contribution in [2.45, 2.75) is 25.2 Å². The van der Waals surface area contributed by atoms with Gasteiger partial charge in [-0.2, -0.15) is 0 Å². The van der Waals surface area contributed by atoms with Crippen molar-refractivity contribution < 1.29 is 9.47 Å². The van der Waals surface area contributed by atoms with Crippen molar-refractivity contribution in [3.05, 3.63) is 35.9 Å². The Balaban J connectivity index is 1.57. The van der Waals surface area contributed by atoms with Crippen molar-refractivity contribution in [1.29, 1.82) is 0 Å². The number of ether oxygens (including phenoxy) is 2.